The Bertz CT molecular complexity index is 563. The standard InChI is InChI=1S/C15H16Cl2FNO2/c1-15(2,3)21-14(20)19-7-5-4-6-11-12(16)8-10(18)9-13(11)17/h8-9H,5,7H2,1-3H3,(H,19,20). The molecular weight excluding hydrogens is 316 g/mol. The normalized spacial score (nSPS) is 10.6. The van der Waals surface area contributed by atoms with Crippen LogP contribution in [0.15, 0.2) is 12.1 Å². The van der Waals surface area contributed by atoms with E-state index >= 15 is 0 Å². The Morgan fingerprint density at radius 3 is 2.43 bits per heavy atom. The third-order valence-corrected chi connectivity index (χ3v) is 2.73. The third kappa shape index (κ3) is 6.70. The molecule has 1 rings (SSSR count). The van der Waals surface area contributed by atoms with Crippen molar-refractivity contribution in [2.45, 2.75) is 32.8 Å². The molecule has 6 heteroatoms. The van der Waals surface area contributed by atoms with Crippen LogP contribution in [-0.4, -0.2) is 18.2 Å². The van der Waals surface area contributed by atoms with Gasteiger partial charge >= 0.3 is 6.09 Å². The monoisotopic (exact) mass is 331 g/mol. The van der Waals surface area contributed by atoms with Crippen molar-refractivity contribution in [2.75, 3.05) is 6.54 Å². The van der Waals surface area contributed by atoms with Crippen LogP contribution < -0.4 is 5.32 Å². The second kappa shape index (κ2) is 7.53. The molecule has 0 heterocycles. The molecule has 0 spiro atoms. The van der Waals surface area contributed by atoms with Gasteiger partial charge in [0.2, 0.25) is 0 Å². The minimum Gasteiger partial charge on any atom is -0.444 e. The summed E-state index contributed by atoms with van der Waals surface area (Å²) in [5.41, 5.74) is -0.165. The van der Waals surface area contributed by atoms with Crippen molar-refractivity contribution < 1.29 is 13.9 Å². The maximum Gasteiger partial charge on any atom is 0.407 e. The van der Waals surface area contributed by atoms with E-state index in [1.165, 1.54) is 0 Å². The molecule has 0 atom stereocenters. The first-order valence-electron chi connectivity index (χ1n) is 6.29. The first kappa shape index (κ1) is 17.6. The zero-order valence-corrected chi connectivity index (χ0v) is 13.5. The Balaban J connectivity index is 2.50. The molecule has 1 N–H and O–H groups in total. The van der Waals surface area contributed by atoms with Crippen LogP contribution in [0.4, 0.5) is 9.18 Å². The molecule has 0 saturated carbocycles. The number of alkyl carbamates (subject to hydrolysis) is 1. The molecule has 3 nitrogen and oxygen atoms in total. The van der Waals surface area contributed by atoms with Crippen LogP contribution in [0.25, 0.3) is 0 Å². The molecule has 0 fully saturated rings. The highest BCUT2D eigenvalue weighted by atomic mass is 35.5. The molecule has 21 heavy (non-hydrogen) atoms. The number of halogens is 3. The van der Waals surface area contributed by atoms with Gasteiger partial charge in [-0.25, -0.2) is 9.18 Å². The minimum absolute atomic E-state index is 0.160. The van der Waals surface area contributed by atoms with Crippen molar-refractivity contribution in [2.24, 2.45) is 0 Å². The number of hydrogen-bond acceptors (Lipinski definition) is 2. The summed E-state index contributed by atoms with van der Waals surface area (Å²) in [5, 5.41) is 2.89. The lowest BCUT2D eigenvalue weighted by Crippen LogP contribution is -2.32. The maximum atomic E-state index is 13.0. The van der Waals surface area contributed by atoms with Crippen molar-refractivity contribution in [3.8, 4) is 11.8 Å². The molecule has 114 valence electrons. The smallest absolute Gasteiger partial charge is 0.407 e. The zero-order chi connectivity index (χ0) is 16.0. The molecule has 0 aliphatic carbocycles. The van der Waals surface area contributed by atoms with E-state index in [9.17, 15) is 9.18 Å². The average molecular weight is 332 g/mol. The largest absolute Gasteiger partial charge is 0.444 e. The SMILES string of the molecule is CC(C)(C)OC(=O)NCCC#Cc1c(Cl)cc(F)cc1Cl. The molecule has 0 unspecified atom stereocenters. The number of nitrogens with one attached hydrogen (secondary N) is 1. The number of benzene rings is 1. The molecule has 0 bridgehead atoms. The fourth-order valence-corrected chi connectivity index (χ4v) is 1.91. The number of ether oxygens (including phenoxy) is 1. The summed E-state index contributed by atoms with van der Waals surface area (Å²) in [6, 6.07) is 2.30. The van der Waals surface area contributed by atoms with Gasteiger partial charge in [-0.1, -0.05) is 35.0 Å². The minimum atomic E-state index is -0.537. The topological polar surface area (TPSA) is 38.3 Å². The van der Waals surface area contributed by atoms with Gasteiger partial charge < -0.3 is 10.1 Å². The van der Waals surface area contributed by atoms with Gasteiger partial charge in [-0.15, -0.1) is 0 Å². The van der Waals surface area contributed by atoms with Crippen LogP contribution in [0.3, 0.4) is 0 Å². The molecule has 0 aliphatic rings. The van der Waals surface area contributed by atoms with Crippen molar-refractivity contribution in [3.05, 3.63) is 33.6 Å². The fourth-order valence-electron chi connectivity index (χ4n) is 1.35. The summed E-state index contributed by atoms with van der Waals surface area (Å²) < 4.78 is 18.1. The van der Waals surface area contributed by atoms with Crippen LogP contribution >= 0.6 is 23.2 Å². The Morgan fingerprint density at radius 1 is 1.33 bits per heavy atom. The second-order valence-corrected chi connectivity index (χ2v) is 6.04. The average Bonchev–Trinajstić information content (AvgIpc) is 2.29. The quantitative estimate of drug-likeness (QED) is 0.644. The van der Waals surface area contributed by atoms with Crippen molar-refractivity contribution >= 4 is 29.3 Å². The van der Waals surface area contributed by atoms with Crippen molar-refractivity contribution in [1.29, 1.82) is 0 Å². The number of amides is 1. The van der Waals surface area contributed by atoms with E-state index in [0.29, 0.717) is 18.5 Å². The van der Waals surface area contributed by atoms with Gasteiger partial charge in [-0.2, -0.15) is 0 Å². The van der Waals surface area contributed by atoms with Crippen LogP contribution in [0, 0.1) is 17.7 Å². The first-order chi connectivity index (χ1) is 9.69. The van der Waals surface area contributed by atoms with E-state index in [4.69, 9.17) is 27.9 Å². The van der Waals surface area contributed by atoms with E-state index < -0.39 is 17.5 Å². The lowest BCUT2D eigenvalue weighted by molar-refractivity contribution is 0.0529. The Morgan fingerprint density at radius 2 is 1.90 bits per heavy atom. The molecule has 1 aromatic rings. The third-order valence-electron chi connectivity index (χ3n) is 2.14. The molecule has 1 amide bonds. The molecule has 0 aromatic heterocycles. The summed E-state index contributed by atoms with van der Waals surface area (Å²) >= 11 is 11.7. The summed E-state index contributed by atoms with van der Waals surface area (Å²) in [6.07, 6.45) is -0.106. The second-order valence-electron chi connectivity index (χ2n) is 5.22. The van der Waals surface area contributed by atoms with Crippen LogP contribution in [0.5, 0.6) is 0 Å². The molecule has 0 radical (unpaired) electrons. The van der Waals surface area contributed by atoms with Gasteiger partial charge in [0.05, 0.1) is 15.6 Å². The first-order valence-corrected chi connectivity index (χ1v) is 7.05. The lowest BCUT2D eigenvalue weighted by atomic mass is 10.2. The molecule has 0 aliphatic heterocycles. The van der Waals surface area contributed by atoms with Gasteiger partial charge in [-0.3, -0.25) is 0 Å². The number of hydrogen-bond donors (Lipinski definition) is 1. The van der Waals surface area contributed by atoms with E-state index in [1.54, 1.807) is 20.8 Å². The molecular formula is C15H16Cl2FNO2. The van der Waals surface area contributed by atoms with Crippen LogP contribution in [-0.2, 0) is 4.74 Å². The van der Waals surface area contributed by atoms with Crippen LogP contribution in [0.2, 0.25) is 10.0 Å². The summed E-state index contributed by atoms with van der Waals surface area (Å²) in [5.74, 6) is 5.06. The summed E-state index contributed by atoms with van der Waals surface area (Å²) in [7, 11) is 0. The highest BCUT2D eigenvalue weighted by Gasteiger charge is 2.15. The summed E-state index contributed by atoms with van der Waals surface area (Å²) in [4.78, 5) is 11.4. The Kier molecular flexibility index (Phi) is 6.32. The number of carbonyl (C=O) groups excluding carboxylic acids is 1. The molecule has 0 saturated heterocycles. The van der Waals surface area contributed by atoms with Crippen molar-refractivity contribution in [3.63, 3.8) is 0 Å². The highest BCUT2D eigenvalue weighted by molar-refractivity contribution is 6.36. The predicted octanol–water partition coefficient (Wildman–Crippen LogP) is 4.40. The summed E-state index contributed by atoms with van der Waals surface area (Å²) in [6.45, 7) is 5.68. The number of carbonyl (C=O) groups is 1. The Labute approximate surface area is 133 Å². The van der Waals surface area contributed by atoms with E-state index in [0.717, 1.165) is 12.1 Å². The van der Waals surface area contributed by atoms with Gasteiger partial charge in [0.15, 0.2) is 0 Å². The highest BCUT2D eigenvalue weighted by Crippen LogP contribution is 2.24. The van der Waals surface area contributed by atoms with E-state index in [1.807, 2.05) is 0 Å². The lowest BCUT2D eigenvalue weighted by Gasteiger charge is -2.19. The Hall–Kier alpha value is -1.44. The van der Waals surface area contributed by atoms with Gasteiger partial charge in [0, 0.05) is 13.0 Å². The van der Waals surface area contributed by atoms with Gasteiger partial charge in [-0.05, 0) is 32.9 Å². The zero-order valence-electron chi connectivity index (χ0n) is 12.0. The molecule has 1 aromatic carbocycles. The fraction of sp³-hybridized carbons (Fsp3) is 0.400. The van der Waals surface area contributed by atoms with Gasteiger partial charge in [0.1, 0.15) is 11.4 Å². The van der Waals surface area contributed by atoms with Crippen LogP contribution in [0.1, 0.15) is 32.8 Å². The van der Waals surface area contributed by atoms with Gasteiger partial charge in [0.25, 0.3) is 0 Å². The number of rotatable bonds is 2. The van der Waals surface area contributed by atoms with E-state index in [-0.39, 0.29) is 10.0 Å². The van der Waals surface area contributed by atoms with Crippen molar-refractivity contribution in [1.82, 2.24) is 5.32 Å². The van der Waals surface area contributed by atoms with E-state index in [2.05, 4.69) is 17.2 Å². The predicted molar refractivity (Wildman–Crippen MR) is 82.2 cm³/mol. The maximum absolute atomic E-state index is 13.0.